The predicted octanol–water partition coefficient (Wildman–Crippen LogP) is 1.26. The molecule has 1 fully saturated rings. The van der Waals surface area contributed by atoms with E-state index < -0.39 is 0 Å². The van der Waals surface area contributed by atoms with Gasteiger partial charge in [-0.25, -0.2) is 0 Å². The molecule has 1 aromatic rings. The number of hydrogen-bond donors (Lipinski definition) is 1. The summed E-state index contributed by atoms with van der Waals surface area (Å²) in [5.41, 5.74) is 0.479. The van der Waals surface area contributed by atoms with Crippen molar-refractivity contribution in [1.82, 2.24) is 4.90 Å². The van der Waals surface area contributed by atoms with Crippen LogP contribution in [0.4, 0.5) is 0 Å². The minimum Gasteiger partial charge on any atom is -0.457 e. The van der Waals surface area contributed by atoms with Gasteiger partial charge in [0.05, 0.1) is 24.3 Å². The highest BCUT2D eigenvalue weighted by atomic mass is 79.9. The standard InChI is InChI=1S/C11H14BrNO4/c1-16-9-3-8(5-14)13(4-9)11(15)7-2-10(12)17-6-7/h2,6,8-9,14H,3-5H2,1H3/t8-,9-/m0/s1. The van der Waals surface area contributed by atoms with Gasteiger partial charge in [0.2, 0.25) is 0 Å². The molecule has 1 aromatic heterocycles. The number of furan rings is 1. The molecule has 2 heterocycles. The summed E-state index contributed by atoms with van der Waals surface area (Å²) in [6, 6.07) is 1.44. The summed E-state index contributed by atoms with van der Waals surface area (Å²) in [6.45, 7) is 0.452. The molecule has 1 N–H and O–H groups in total. The van der Waals surface area contributed by atoms with E-state index in [1.165, 1.54) is 6.26 Å². The number of methoxy groups -OCH3 is 1. The van der Waals surface area contributed by atoms with E-state index in [-0.39, 0.29) is 24.7 Å². The van der Waals surface area contributed by atoms with Crippen LogP contribution in [0.15, 0.2) is 21.4 Å². The molecule has 1 aliphatic rings. The molecule has 0 unspecified atom stereocenters. The number of amides is 1. The fourth-order valence-electron chi connectivity index (χ4n) is 2.05. The maximum atomic E-state index is 12.2. The molecule has 94 valence electrons. The average molecular weight is 304 g/mol. The molecule has 1 aliphatic heterocycles. The number of aliphatic hydroxyl groups excluding tert-OH is 1. The van der Waals surface area contributed by atoms with Gasteiger partial charge in [-0.05, 0) is 22.4 Å². The van der Waals surface area contributed by atoms with Gasteiger partial charge in [0.25, 0.3) is 5.91 Å². The Morgan fingerprint density at radius 3 is 3.06 bits per heavy atom. The minimum atomic E-state index is -0.180. The third-order valence-electron chi connectivity index (χ3n) is 3.00. The van der Waals surface area contributed by atoms with Crippen LogP contribution in [-0.4, -0.2) is 48.3 Å². The Morgan fingerprint density at radius 2 is 2.53 bits per heavy atom. The zero-order valence-electron chi connectivity index (χ0n) is 9.43. The molecule has 5 nitrogen and oxygen atoms in total. The zero-order chi connectivity index (χ0) is 12.4. The van der Waals surface area contributed by atoms with Gasteiger partial charge in [0.1, 0.15) is 6.26 Å². The highest BCUT2D eigenvalue weighted by Gasteiger charge is 2.35. The van der Waals surface area contributed by atoms with Crippen LogP contribution in [0.25, 0.3) is 0 Å². The molecular weight excluding hydrogens is 290 g/mol. The Morgan fingerprint density at radius 1 is 1.76 bits per heavy atom. The van der Waals surface area contributed by atoms with E-state index in [0.29, 0.717) is 23.2 Å². The Balaban J connectivity index is 2.13. The summed E-state index contributed by atoms with van der Waals surface area (Å²) >= 11 is 3.16. The molecule has 0 radical (unpaired) electrons. The molecule has 0 saturated carbocycles. The number of likely N-dealkylation sites (tertiary alicyclic amines) is 1. The summed E-state index contributed by atoms with van der Waals surface area (Å²) in [6.07, 6.45) is 2.06. The van der Waals surface area contributed by atoms with Crippen LogP contribution in [0.3, 0.4) is 0 Å². The Kier molecular flexibility index (Phi) is 3.86. The number of carbonyl (C=O) groups excluding carboxylic acids is 1. The van der Waals surface area contributed by atoms with E-state index in [2.05, 4.69) is 15.9 Å². The van der Waals surface area contributed by atoms with E-state index in [1.54, 1.807) is 18.1 Å². The summed E-state index contributed by atoms with van der Waals surface area (Å²) in [5, 5.41) is 9.27. The molecule has 0 bridgehead atoms. The van der Waals surface area contributed by atoms with Gasteiger partial charge in [-0.3, -0.25) is 4.79 Å². The second kappa shape index (κ2) is 5.20. The van der Waals surface area contributed by atoms with Gasteiger partial charge in [-0.2, -0.15) is 0 Å². The van der Waals surface area contributed by atoms with Crippen LogP contribution in [-0.2, 0) is 4.74 Å². The van der Waals surface area contributed by atoms with Gasteiger partial charge >= 0.3 is 0 Å². The van der Waals surface area contributed by atoms with Crippen molar-refractivity contribution in [2.45, 2.75) is 18.6 Å². The SMILES string of the molecule is CO[C@H]1C[C@@H](CO)N(C(=O)c2coc(Br)c2)C1. The van der Waals surface area contributed by atoms with E-state index >= 15 is 0 Å². The number of halogens is 1. The molecule has 0 spiro atoms. The maximum Gasteiger partial charge on any atom is 0.257 e. The smallest absolute Gasteiger partial charge is 0.257 e. The topological polar surface area (TPSA) is 62.9 Å². The highest BCUT2D eigenvalue weighted by molar-refractivity contribution is 9.10. The van der Waals surface area contributed by atoms with Gasteiger partial charge in [0.15, 0.2) is 4.67 Å². The lowest BCUT2D eigenvalue weighted by Crippen LogP contribution is -2.37. The van der Waals surface area contributed by atoms with Crippen molar-refractivity contribution in [2.75, 3.05) is 20.3 Å². The van der Waals surface area contributed by atoms with Crippen LogP contribution in [0.2, 0.25) is 0 Å². The lowest BCUT2D eigenvalue weighted by molar-refractivity contribution is 0.0647. The molecule has 0 aliphatic carbocycles. The van der Waals surface area contributed by atoms with Crippen molar-refractivity contribution in [1.29, 1.82) is 0 Å². The maximum absolute atomic E-state index is 12.2. The fraction of sp³-hybridized carbons (Fsp3) is 0.545. The largest absolute Gasteiger partial charge is 0.457 e. The zero-order valence-corrected chi connectivity index (χ0v) is 11.0. The van der Waals surface area contributed by atoms with Gasteiger partial charge in [-0.15, -0.1) is 0 Å². The predicted molar refractivity (Wildman–Crippen MR) is 63.7 cm³/mol. The van der Waals surface area contributed by atoms with Crippen LogP contribution < -0.4 is 0 Å². The third-order valence-corrected chi connectivity index (χ3v) is 3.41. The number of aliphatic hydroxyl groups is 1. The van der Waals surface area contributed by atoms with Crippen molar-refractivity contribution in [2.24, 2.45) is 0 Å². The second-order valence-corrected chi connectivity index (χ2v) is 4.81. The van der Waals surface area contributed by atoms with Crippen molar-refractivity contribution in [3.8, 4) is 0 Å². The summed E-state index contributed by atoms with van der Waals surface area (Å²) < 4.78 is 10.8. The second-order valence-electron chi connectivity index (χ2n) is 4.03. The normalized spacial score (nSPS) is 24.3. The first-order valence-electron chi connectivity index (χ1n) is 5.34. The molecule has 1 amide bonds. The lowest BCUT2D eigenvalue weighted by atomic mass is 10.2. The van der Waals surface area contributed by atoms with E-state index in [1.807, 2.05) is 0 Å². The quantitative estimate of drug-likeness (QED) is 0.913. The van der Waals surface area contributed by atoms with Gasteiger partial charge in [0, 0.05) is 19.7 Å². The summed E-state index contributed by atoms with van der Waals surface area (Å²) in [4.78, 5) is 13.8. The molecule has 2 atom stereocenters. The number of ether oxygens (including phenoxy) is 1. The monoisotopic (exact) mass is 303 g/mol. The fourth-order valence-corrected chi connectivity index (χ4v) is 2.39. The van der Waals surface area contributed by atoms with Crippen molar-refractivity contribution in [3.63, 3.8) is 0 Å². The first kappa shape index (κ1) is 12.6. The first-order valence-corrected chi connectivity index (χ1v) is 6.13. The third kappa shape index (κ3) is 2.53. The lowest BCUT2D eigenvalue weighted by Gasteiger charge is -2.21. The first-order chi connectivity index (χ1) is 8.15. The summed E-state index contributed by atoms with van der Waals surface area (Å²) in [7, 11) is 1.61. The molecule has 1 saturated heterocycles. The number of hydrogen-bond acceptors (Lipinski definition) is 4. The molecule has 2 rings (SSSR count). The Hall–Kier alpha value is -0.850. The average Bonchev–Trinajstić information content (AvgIpc) is 2.93. The molecular formula is C11H14BrNO4. The van der Waals surface area contributed by atoms with Crippen LogP contribution in [0, 0.1) is 0 Å². The van der Waals surface area contributed by atoms with E-state index in [0.717, 1.165) is 0 Å². The molecule has 6 heteroatoms. The van der Waals surface area contributed by atoms with E-state index in [9.17, 15) is 9.90 Å². The molecule has 0 aromatic carbocycles. The van der Waals surface area contributed by atoms with Crippen molar-refractivity contribution >= 4 is 21.8 Å². The Labute approximate surface area is 107 Å². The van der Waals surface area contributed by atoms with Crippen LogP contribution in [0.1, 0.15) is 16.8 Å². The van der Waals surface area contributed by atoms with Crippen LogP contribution >= 0.6 is 15.9 Å². The Bertz CT molecular complexity index is 406. The minimum absolute atomic E-state index is 0.00792. The highest BCUT2D eigenvalue weighted by Crippen LogP contribution is 2.23. The van der Waals surface area contributed by atoms with E-state index in [4.69, 9.17) is 9.15 Å². The number of carbonyl (C=O) groups is 1. The van der Waals surface area contributed by atoms with Gasteiger partial charge in [-0.1, -0.05) is 0 Å². The molecule has 17 heavy (non-hydrogen) atoms. The van der Waals surface area contributed by atoms with Crippen molar-refractivity contribution in [3.05, 3.63) is 22.6 Å². The summed E-state index contributed by atoms with van der Waals surface area (Å²) in [5.74, 6) is -0.141. The number of nitrogens with zero attached hydrogens (tertiary/aromatic N) is 1. The number of rotatable bonds is 3. The van der Waals surface area contributed by atoms with Crippen LogP contribution in [0.5, 0.6) is 0 Å². The van der Waals surface area contributed by atoms with Gasteiger partial charge < -0.3 is 19.2 Å². The van der Waals surface area contributed by atoms with Crippen molar-refractivity contribution < 1.29 is 19.1 Å².